The first-order valence-electron chi connectivity index (χ1n) is 8.98. The minimum absolute atomic E-state index is 0.171. The number of carbonyl (C=O) groups excluding carboxylic acids is 1. The van der Waals surface area contributed by atoms with Crippen molar-refractivity contribution in [2.24, 2.45) is 5.92 Å². The van der Waals surface area contributed by atoms with Crippen LogP contribution in [-0.4, -0.2) is 41.9 Å². The number of benzene rings is 1. The Morgan fingerprint density at radius 3 is 2.52 bits per heavy atom. The van der Waals surface area contributed by atoms with Crippen LogP contribution >= 0.6 is 11.6 Å². The molecule has 0 aliphatic carbocycles. The maximum absolute atomic E-state index is 12.8. The van der Waals surface area contributed by atoms with Crippen LogP contribution in [0.4, 0.5) is 0 Å². The number of nitrogens with zero attached hydrogens (tertiary/aromatic N) is 2. The third-order valence-electron chi connectivity index (χ3n) is 5.12. The number of hydrogen-bond acceptors (Lipinski definition) is 2. The van der Waals surface area contributed by atoms with Gasteiger partial charge in [-0.3, -0.25) is 9.69 Å². The molecule has 0 radical (unpaired) electrons. The maximum Gasteiger partial charge on any atom is 0.226 e. The largest absolute Gasteiger partial charge is 0.342 e. The number of amides is 1. The Morgan fingerprint density at radius 1 is 1.04 bits per heavy atom. The van der Waals surface area contributed by atoms with Gasteiger partial charge in [0.15, 0.2) is 0 Å². The fourth-order valence-corrected chi connectivity index (χ4v) is 4.01. The average molecular weight is 335 g/mol. The highest BCUT2D eigenvalue weighted by molar-refractivity contribution is 6.31. The molecule has 2 fully saturated rings. The Kier molecular flexibility index (Phi) is 5.96. The summed E-state index contributed by atoms with van der Waals surface area (Å²) < 4.78 is 0. The Morgan fingerprint density at radius 2 is 1.78 bits per heavy atom. The van der Waals surface area contributed by atoms with Crippen LogP contribution in [0.5, 0.6) is 0 Å². The van der Waals surface area contributed by atoms with Gasteiger partial charge in [-0.1, -0.05) is 42.6 Å². The minimum atomic E-state index is 0.171. The molecule has 1 atom stereocenters. The summed E-state index contributed by atoms with van der Waals surface area (Å²) in [5, 5.41) is 0.827. The van der Waals surface area contributed by atoms with Gasteiger partial charge in [-0.05, 0) is 43.9 Å². The van der Waals surface area contributed by atoms with Gasteiger partial charge in [0.1, 0.15) is 0 Å². The Balaban J connectivity index is 1.59. The van der Waals surface area contributed by atoms with Gasteiger partial charge in [0, 0.05) is 31.2 Å². The van der Waals surface area contributed by atoms with Crippen LogP contribution in [0.1, 0.15) is 44.1 Å². The van der Waals surface area contributed by atoms with Gasteiger partial charge in [-0.25, -0.2) is 0 Å². The molecule has 0 spiro atoms. The van der Waals surface area contributed by atoms with Crippen LogP contribution < -0.4 is 0 Å². The summed E-state index contributed by atoms with van der Waals surface area (Å²) in [7, 11) is 0. The molecule has 3 nitrogen and oxygen atoms in total. The van der Waals surface area contributed by atoms with Crippen molar-refractivity contribution in [3.63, 3.8) is 0 Å². The Bertz CT molecular complexity index is 526. The average Bonchev–Trinajstić information content (AvgIpc) is 2.86. The lowest BCUT2D eigenvalue weighted by Gasteiger charge is -2.35. The van der Waals surface area contributed by atoms with E-state index >= 15 is 0 Å². The first kappa shape index (κ1) is 16.8. The lowest BCUT2D eigenvalue weighted by atomic mass is 9.96. The highest BCUT2D eigenvalue weighted by Gasteiger charge is 2.29. The molecule has 0 N–H and O–H groups in total. The number of rotatable bonds is 3. The van der Waals surface area contributed by atoms with Crippen molar-refractivity contribution in [2.75, 3.05) is 26.2 Å². The van der Waals surface area contributed by atoms with Crippen molar-refractivity contribution >= 4 is 17.5 Å². The number of hydrogen-bond donors (Lipinski definition) is 0. The Labute approximate surface area is 144 Å². The molecule has 0 aromatic heterocycles. The molecule has 2 heterocycles. The normalized spacial score (nSPS) is 23.5. The van der Waals surface area contributed by atoms with Crippen LogP contribution in [0.15, 0.2) is 24.3 Å². The molecule has 0 saturated carbocycles. The molecule has 126 valence electrons. The van der Waals surface area contributed by atoms with Crippen molar-refractivity contribution in [3.05, 3.63) is 34.9 Å². The fraction of sp³-hybridized carbons (Fsp3) is 0.632. The summed E-state index contributed by atoms with van der Waals surface area (Å²) in [6, 6.07) is 8.03. The second-order valence-electron chi connectivity index (χ2n) is 6.91. The van der Waals surface area contributed by atoms with Gasteiger partial charge in [0.2, 0.25) is 5.91 Å². The van der Waals surface area contributed by atoms with Crippen molar-refractivity contribution in [1.82, 2.24) is 9.80 Å². The monoisotopic (exact) mass is 334 g/mol. The quantitative estimate of drug-likeness (QED) is 0.835. The van der Waals surface area contributed by atoms with E-state index in [0.29, 0.717) is 5.91 Å². The van der Waals surface area contributed by atoms with E-state index in [0.717, 1.165) is 56.2 Å². The predicted molar refractivity (Wildman–Crippen MR) is 94.5 cm³/mol. The highest BCUT2D eigenvalue weighted by Crippen LogP contribution is 2.24. The zero-order valence-corrected chi connectivity index (χ0v) is 14.6. The first-order valence-corrected chi connectivity index (χ1v) is 9.36. The predicted octanol–water partition coefficient (Wildman–Crippen LogP) is 3.95. The first-order chi connectivity index (χ1) is 11.2. The van der Waals surface area contributed by atoms with Crippen LogP contribution in [-0.2, 0) is 11.3 Å². The third kappa shape index (κ3) is 4.48. The van der Waals surface area contributed by atoms with Gasteiger partial charge in [0.05, 0.1) is 5.92 Å². The van der Waals surface area contributed by atoms with E-state index in [-0.39, 0.29) is 5.92 Å². The standard InChI is InChI=1S/C19H27ClN2O/c20-18-10-4-3-8-16(18)14-21-11-7-9-17(15-21)19(23)22-12-5-1-2-6-13-22/h3-4,8,10,17H,1-2,5-7,9,11-15H2. The lowest BCUT2D eigenvalue weighted by Crippen LogP contribution is -2.44. The molecule has 1 unspecified atom stereocenters. The van der Waals surface area contributed by atoms with Gasteiger partial charge >= 0.3 is 0 Å². The van der Waals surface area contributed by atoms with Gasteiger partial charge in [-0.2, -0.15) is 0 Å². The summed E-state index contributed by atoms with van der Waals surface area (Å²) in [4.78, 5) is 17.4. The molecular formula is C19H27ClN2O. The number of carbonyl (C=O) groups is 1. The Hall–Kier alpha value is -1.06. The van der Waals surface area contributed by atoms with E-state index in [4.69, 9.17) is 11.6 Å². The molecule has 4 heteroatoms. The van der Waals surface area contributed by atoms with Crippen molar-refractivity contribution in [3.8, 4) is 0 Å². The third-order valence-corrected chi connectivity index (χ3v) is 5.49. The van der Waals surface area contributed by atoms with Gasteiger partial charge in [0.25, 0.3) is 0 Å². The maximum atomic E-state index is 12.8. The van der Waals surface area contributed by atoms with Crippen LogP contribution in [0.2, 0.25) is 5.02 Å². The molecule has 1 amide bonds. The molecule has 23 heavy (non-hydrogen) atoms. The summed E-state index contributed by atoms with van der Waals surface area (Å²) in [6.07, 6.45) is 7.02. The summed E-state index contributed by atoms with van der Waals surface area (Å²) >= 11 is 6.28. The van der Waals surface area contributed by atoms with Crippen molar-refractivity contribution in [2.45, 2.75) is 45.1 Å². The second kappa shape index (κ2) is 8.16. The molecule has 2 aliphatic rings. The summed E-state index contributed by atoms with van der Waals surface area (Å²) in [5.41, 5.74) is 1.16. The highest BCUT2D eigenvalue weighted by atomic mass is 35.5. The zero-order chi connectivity index (χ0) is 16.1. The van der Waals surface area contributed by atoms with Crippen LogP contribution in [0.3, 0.4) is 0 Å². The topological polar surface area (TPSA) is 23.6 Å². The lowest BCUT2D eigenvalue weighted by molar-refractivity contribution is -0.137. The SMILES string of the molecule is O=C(C1CCCN(Cc2ccccc2Cl)C1)N1CCCCCC1. The van der Waals surface area contributed by atoms with E-state index in [1.54, 1.807) is 0 Å². The smallest absolute Gasteiger partial charge is 0.226 e. The zero-order valence-electron chi connectivity index (χ0n) is 13.8. The summed E-state index contributed by atoms with van der Waals surface area (Å²) in [6.45, 7) is 4.71. The van der Waals surface area contributed by atoms with Crippen molar-refractivity contribution < 1.29 is 4.79 Å². The van der Waals surface area contributed by atoms with E-state index < -0.39 is 0 Å². The van der Waals surface area contributed by atoms with Gasteiger partial charge < -0.3 is 4.90 Å². The fourth-order valence-electron chi connectivity index (χ4n) is 3.82. The number of likely N-dealkylation sites (tertiary alicyclic amines) is 2. The van der Waals surface area contributed by atoms with E-state index in [1.807, 2.05) is 18.2 Å². The molecule has 1 aromatic rings. The van der Waals surface area contributed by atoms with Gasteiger partial charge in [-0.15, -0.1) is 0 Å². The molecule has 0 bridgehead atoms. The van der Waals surface area contributed by atoms with E-state index in [2.05, 4.69) is 15.9 Å². The minimum Gasteiger partial charge on any atom is -0.342 e. The van der Waals surface area contributed by atoms with E-state index in [9.17, 15) is 4.79 Å². The van der Waals surface area contributed by atoms with Crippen LogP contribution in [0.25, 0.3) is 0 Å². The van der Waals surface area contributed by atoms with E-state index in [1.165, 1.54) is 25.7 Å². The number of piperidine rings is 1. The molecule has 1 aromatic carbocycles. The molecule has 2 saturated heterocycles. The second-order valence-corrected chi connectivity index (χ2v) is 7.31. The summed E-state index contributed by atoms with van der Waals surface area (Å²) in [5.74, 6) is 0.556. The van der Waals surface area contributed by atoms with Crippen molar-refractivity contribution in [1.29, 1.82) is 0 Å². The molecular weight excluding hydrogens is 308 g/mol. The number of halogens is 1. The molecule has 2 aliphatic heterocycles. The van der Waals surface area contributed by atoms with Crippen LogP contribution in [0, 0.1) is 5.92 Å². The molecule has 3 rings (SSSR count).